The standard InChI is InChI=1S/C34H44O11/c1-9-15(2)30(38)44-23-13-22(42-17(4)35)32(5)14-41-27-28(32)33(23,6)21(12-24(36)40-8)34(7)26-16(3)18(10-20(26)43-29(27)34)19-11-25(37)45-31(19)39/h9,11,20-23,26-29,31,39H,10,12-14H2,1-8H3/b15-9+/t20-,21-,22-,23+,26?,27-,28+,29-,31?,32-,33+,34-/m1/s1. The maximum Gasteiger partial charge on any atom is 0.333 e. The van der Waals surface area contributed by atoms with Crippen molar-refractivity contribution in [3.8, 4) is 0 Å². The summed E-state index contributed by atoms with van der Waals surface area (Å²) in [5.74, 6) is -2.82. The van der Waals surface area contributed by atoms with Gasteiger partial charge in [-0.3, -0.25) is 9.59 Å². The van der Waals surface area contributed by atoms with Gasteiger partial charge in [0.25, 0.3) is 0 Å². The molecule has 6 rings (SSSR count). The van der Waals surface area contributed by atoms with Crippen LogP contribution in [0.5, 0.6) is 0 Å². The van der Waals surface area contributed by atoms with E-state index in [1.165, 1.54) is 20.1 Å². The lowest BCUT2D eigenvalue weighted by molar-refractivity contribution is -0.255. The molecule has 0 bridgehead atoms. The lowest BCUT2D eigenvalue weighted by atomic mass is 9.39. The topological polar surface area (TPSA) is 144 Å². The number of hydrogen-bond donors (Lipinski definition) is 1. The smallest absolute Gasteiger partial charge is 0.333 e. The second-order valence-corrected chi connectivity index (χ2v) is 14.4. The van der Waals surface area contributed by atoms with Gasteiger partial charge in [-0.25, -0.2) is 9.59 Å². The first-order chi connectivity index (χ1) is 21.1. The van der Waals surface area contributed by atoms with Gasteiger partial charge in [0.05, 0.1) is 32.0 Å². The third kappa shape index (κ3) is 4.40. The van der Waals surface area contributed by atoms with Gasteiger partial charge in [0, 0.05) is 65.1 Å². The molecule has 12 atom stereocenters. The number of rotatable bonds is 6. The van der Waals surface area contributed by atoms with E-state index in [9.17, 15) is 24.3 Å². The highest BCUT2D eigenvalue weighted by Crippen LogP contribution is 2.74. The minimum atomic E-state index is -1.35. The molecular weight excluding hydrogens is 584 g/mol. The summed E-state index contributed by atoms with van der Waals surface area (Å²) in [6, 6.07) is 0. The highest BCUT2D eigenvalue weighted by atomic mass is 16.6. The Morgan fingerprint density at radius 3 is 2.42 bits per heavy atom. The van der Waals surface area contributed by atoms with Crippen molar-refractivity contribution in [2.45, 2.75) is 105 Å². The number of hydrogen-bond acceptors (Lipinski definition) is 11. The van der Waals surface area contributed by atoms with Crippen LogP contribution in [0, 0.1) is 34.0 Å². The Labute approximate surface area is 263 Å². The number of methoxy groups -OCH3 is 1. The van der Waals surface area contributed by atoms with Crippen LogP contribution in [-0.2, 0) is 47.6 Å². The molecule has 6 aliphatic rings. The molecule has 45 heavy (non-hydrogen) atoms. The predicted molar refractivity (Wildman–Crippen MR) is 157 cm³/mol. The van der Waals surface area contributed by atoms with Crippen molar-refractivity contribution < 1.29 is 52.7 Å². The molecule has 2 unspecified atom stereocenters. The van der Waals surface area contributed by atoms with Crippen LogP contribution >= 0.6 is 0 Å². The van der Waals surface area contributed by atoms with Gasteiger partial charge in [0.2, 0.25) is 6.29 Å². The van der Waals surface area contributed by atoms with Gasteiger partial charge in [-0.15, -0.1) is 0 Å². The summed E-state index contributed by atoms with van der Waals surface area (Å²) in [6.45, 7) is 13.4. The predicted octanol–water partition coefficient (Wildman–Crippen LogP) is 3.33. The van der Waals surface area contributed by atoms with Crippen molar-refractivity contribution in [2.24, 2.45) is 34.0 Å². The molecule has 1 N–H and O–H groups in total. The number of cyclic esters (lactones) is 1. The Morgan fingerprint density at radius 1 is 1.11 bits per heavy atom. The summed E-state index contributed by atoms with van der Waals surface area (Å²) in [4.78, 5) is 51.1. The summed E-state index contributed by atoms with van der Waals surface area (Å²) < 4.78 is 36.2. The minimum Gasteiger partial charge on any atom is -0.469 e. The van der Waals surface area contributed by atoms with Gasteiger partial charge in [-0.05, 0) is 38.7 Å². The fourth-order valence-electron chi connectivity index (χ4n) is 10.4. The van der Waals surface area contributed by atoms with Crippen LogP contribution in [0.1, 0.15) is 67.7 Å². The molecule has 3 heterocycles. The van der Waals surface area contributed by atoms with Crippen molar-refractivity contribution in [1.82, 2.24) is 0 Å². The molecule has 4 fully saturated rings. The first-order valence-electron chi connectivity index (χ1n) is 15.8. The van der Waals surface area contributed by atoms with E-state index in [1.54, 1.807) is 19.9 Å². The Hall–Kier alpha value is -3.02. The largest absolute Gasteiger partial charge is 0.469 e. The van der Waals surface area contributed by atoms with Gasteiger partial charge in [-0.1, -0.05) is 32.4 Å². The maximum atomic E-state index is 13.4. The molecule has 0 amide bonds. The summed E-state index contributed by atoms with van der Waals surface area (Å²) in [5, 5.41) is 10.5. The number of esters is 4. The van der Waals surface area contributed by atoms with Gasteiger partial charge in [0.1, 0.15) is 12.2 Å². The zero-order valence-corrected chi connectivity index (χ0v) is 27.2. The van der Waals surface area contributed by atoms with Crippen molar-refractivity contribution in [1.29, 1.82) is 0 Å². The lowest BCUT2D eigenvalue weighted by Gasteiger charge is -2.65. The number of carbonyl (C=O) groups is 4. The molecule has 11 nitrogen and oxygen atoms in total. The van der Waals surface area contributed by atoms with Crippen LogP contribution in [0.4, 0.5) is 0 Å². The Morgan fingerprint density at radius 2 is 1.82 bits per heavy atom. The molecule has 3 aliphatic heterocycles. The first-order valence-corrected chi connectivity index (χ1v) is 15.8. The highest BCUT2D eigenvalue weighted by molar-refractivity contribution is 5.88. The van der Waals surface area contributed by atoms with Gasteiger partial charge >= 0.3 is 23.9 Å². The molecule has 2 saturated carbocycles. The highest BCUT2D eigenvalue weighted by Gasteiger charge is 2.79. The molecule has 0 spiro atoms. The van der Waals surface area contributed by atoms with E-state index in [0.717, 1.165) is 11.1 Å². The molecular formula is C34H44O11. The Kier molecular flexibility index (Phi) is 7.65. The number of fused-ring (bicyclic) bond motifs is 4. The van der Waals surface area contributed by atoms with Crippen molar-refractivity contribution >= 4 is 23.9 Å². The van der Waals surface area contributed by atoms with Crippen LogP contribution in [0.25, 0.3) is 0 Å². The third-order valence-electron chi connectivity index (χ3n) is 12.3. The zero-order chi connectivity index (χ0) is 32.8. The average molecular weight is 629 g/mol. The molecule has 0 aromatic rings. The molecule has 0 aromatic carbocycles. The van der Waals surface area contributed by atoms with Crippen LogP contribution in [0.3, 0.4) is 0 Å². The summed E-state index contributed by atoms with van der Waals surface area (Å²) in [6.07, 6.45) is -0.107. The van der Waals surface area contributed by atoms with Gasteiger partial charge in [-0.2, -0.15) is 0 Å². The van der Waals surface area contributed by atoms with E-state index in [-0.39, 0.29) is 30.8 Å². The Bertz CT molecular complexity index is 1430. The maximum absolute atomic E-state index is 13.4. The van der Waals surface area contributed by atoms with E-state index in [4.69, 9.17) is 28.4 Å². The van der Waals surface area contributed by atoms with Gasteiger partial charge in [0.15, 0.2) is 0 Å². The van der Waals surface area contributed by atoms with Crippen LogP contribution in [0.2, 0.25) is 0 Å². The quantitative estimate of drug-likeness (QED) is 0.263. The molecule has 0 aromatic heterocycles. The molecule has 2 saturated heterocycles. The number of aliphatic hydroxyl groups is 1. The minimum absolute atomic E-state index is 0.0380. The molecule has 0 radical (unpaired) electrons. The normalized spacial score (nSPS) is 44.9. The zero-order valence-electron chi connectivity index (χ0n) is 27.2. The van der Waals surface area contributed by atoms with E-state index >= 15 is 0 Å². The summed E-state index contributed by atoms with van der Waals surface area (Å²) >= 11 is 0. The molecule has 3 aliphatic carbocycles. The number of allylic oxidation sites excluding steroid dienone is 1. The number of aliphatic hydroxyl groups excluding tert-OH is 1. The SMILES string of the molecule is C/C=C(\C)C(=O)O[C@H]1C[C@@H](OC(C)=O)[C@@]2(C)CO[C@H]3[C@H]4O[C@@H]5CC(C6=CC(=O)OC6O)=C(C)C5[C@@]4(C)[C@H](CC(=O)OC)[C@]1(C)[C@@H]32. The van der Waals surface area contributed by atoms with E-state index < -0.39 is 76.7 Å². The van der Waals surface area contributed by atoms with E-state index in [2.05, 4.69) is 20.8 Å². The average Bonchev–Trinajstić information content (AvgIpc) is 3.69. The molecule has 246 valence electrons. The van der Waals surface area contributed by atoms with Crippen LogP contribution in [-0.4, -0.2) is 79.5 Å². The Balaban J connectivity index is 1.53. The summed E-state index contributed by atoms with van der Waals surface area (Å²) in [5.41, 5.74) is 0.459. The number of carbonyl (C=O) groups excluding carboxylic acids is 4. The fraction of sp³-hybridized carbons (Fsp3) is 0.706. The second-order valence-electron chi connectivity index (χ2n) is 14.4. The van der Waals surface area contributed by atoms with Crippen molar-refractivity contribution in [3.05, 3.63) is 34.4 Å². The van der Waals surface area contributed by atoms with Crippen molar-refractivity contribution in [3.63, 3.8) is 0 Å². The third-order valence-corrected chi connectivity index (χ3v) is 12.3. The lowest BCUT2D eigenvalue weighted by Crippen LogP contribution is -2.71. The number of ether oxygens (including phenoxy) is 6. The monoisotopic (exact) mass is 628 g/mol. The fourth-order valence-corrected chi connectivity index (χ4v) is 10.4. The summed E-state index contributed by atoms with van der Waals surface area (Å²) in [7, 11) is 1.36. The first kappa shape index (κ1) is 31.9. The van der Waals surface area contributed by atoms with Crippen LogP contribution in [0.15, 0.2) is 34.4 Å². The van der Waals surface area contributed by atoms with Gasteiger partial charge < -0.3 is 33.5 Å². The van der Waals surface area contributed by atoms with Crippen LogP contribution < -0.4 is 0 Å². The van der Waals surface area contributed by atoms with Crippen molar-refractivity contribution in [2.75, 3.05) is 13.7 Å². The second kappa shape index (κ2) is 10.8. The van der Waals surface area contributed by atoms with E-state index in [0.29, 0.717) is 24.2 Å². The molecule has 11 heteroatoms. The van der Waals surface area contributed by atoms with E-state index in [1.807, 2.05) is 6.92 Å².